The zero-order chi connectivity index (χ0) is 19.1. The summed E-state index contributed by atoms with van der Waals surface area (Å²) in [5.41, 5.74) is 1.05. The van der Waals surface area contributed by atoms with E-state index >= 15 is 0 Å². The van der Waals surface area contributed by atoms with E-state index in [2.05, 4.69) is 5.32 Å². The van der Waals surface area contributed by atoms with E-state index in [4.69, 9.17) is 18.9 Å². The summed E-state index contributed by atoms with van der Waals surface area (Å²) in [6, 6.07) is 15.6. The Morgan fingerprint density at radius 3 is 2.59 bits per heavy atom. The Hall–Kier alpha value is -3.48. The SMILES string of the molecule is COc1cccc(NC(=O)[C@H](OC(=O)C2=COCCO2)c2ccccc2)c1. The van der Waals surface area contributed by atoms with Gasteiger partial charge in [-0.1, -0.05) is 36.4 Å². The van der Waals surface area contributed by atoms with E-state index in [0.29, 0.717) is 23.6 Å². The molecule has 7 heteroatoms. The van der Waals surface area contributed by atoms with Crippen LogP contribution in [-0.4, -0.2) is 32.2 Å². The maximum atomic E-state index is 12.8. The fourth-order valence-electron chi connectivity index (χ4n) is 2.45. The predicted molar refractivity (Wildman–Crippen MR) is 96.9 cm³/mol. The number of hydrogen-bond acceptors (Lipinski definition) is 6. The highest BCUT2D eigenvalue weighted by molar-refractivity contribution is 5.97. The molecule has 1 aliphatic rings. The molecular formula is C20H19NO6. The summed E-state index contributed by atoms with van der Waals surface area (Å²) in [4.78, 5) is 25.2. The number of anilines is 1. The van der Waals surface area contributed by atoms with Gasteiger partial charge in [-0.05, 0) is 12.1 Å². The number of esters is 1. The van der Waals surface area contributed by atoms with Crippen LogP contribution in [0.1, 0.15) is 11.7 Å². The fraction of sp³-hybridized carbons (Fsp3) is 0.200. The average Bonchev–Trinajstić information content (AvgIpc) is 2.73. The second-order valence-corrected chi connectivity index (χ2v) is 5.62. The minimum atomic E-state index is -1.16. The average molecular weight is 369 g/mol. The third-order valence-corrected chi connectivity index (χ3v) is 3.75. The van der Waals surface area contributed by atoms with Gasteiger partial charge < -0.3 is 24.3 Å². The van der Waals surface area contributed by atoms with E-state index in [0.717, 1.165) is 0 Å². The number of nitrogens with one attached hydrogen (secondary N) is 1. The molecule has 0 aromatic heterocycles. The molecule has 0 unspecified atom stereocenters. The van der Waals surface area contributed by atoms with Gasteiger partial charge in [0.2, 0.25) is 11.9 Å². The van der Waals surface area contributed by atoms with Crippen LogP contribution in [0.3, 0.4) is 0 Å². The quantitative estimate of drug-likeness (QED) is 0.789. The first kappa shape index (κ1) is 18.3. The van der Waals surface area contributed by atoms with Crippen LogP contribution in [-0.2, 0) is 23.8 Å². The van der Waals surface area contributed by atoms with E-state index in [9.17, 15) is 9.59 Å². The summed E-state index contributed by atoms with van der Waals surface area (Å²) in [6.07, 6.45) is 0.0322. The Morgan fingerprint density at radius 1 is 1.07 bits per heavy atom. The third kappa shape index (κ3) is 4.78. The van der Waals surface area contributed by atoms with E-state index in [1.807, 2.05) is 6.07 Å². The Kier molecular flexibility index (Phi) is 5.94. The molecule has 0 radical (unpaired) electrons. The van der Waals surface area contributed by atoms with Crippen molar-refractivity contribution < 1.29 is 28.5 Å². The van der Waals surface area contributed by atoms with Crippen molar-refractivity contribution in [2.24, 2.45) is 0 Å². The van der Waals surface area contributed by atoms with Crippen LogP contribution in [0.5, 0.6) is 5.75 Å². The number of ether oxygens (including phenoxy) is 4. The molecule has 0 aliphatic carbocycles. The molecule has 0 saturated carbocycles. The molecule has 3 rings (SSSR count). The lowest BCUT2D eigenvalue weighted by Crippen LogP contribution is -2.27. The monoisotopic (exact) mass is 369 g/mol. The van der Waals surface area contributed by atoms with Crippen molar-refractivity contribution in [2.75, 3.05) is 25.6 Å². The van der Waals surface area contributed by atoms with E-state index in [1.165, 1.54) is 13.4 Å². The molecule has 1 aliphatic heterocycles. The molecule has 7 nitrogen and oxygen atoms in total. The van der Waals surface area contributed by atoms with Gasteiger partial charge in [0.05, 0.1) is 7.11 Å². The van der Waals surface area contributed by atoms with Crippen molar-refractivity contribution in [3.05, 3.63) is 72.2 Å². The number of carbonyl (C=O) groups excluding carboxylic acids is 2. The zero-order valence-electron chi connectivity index (χ0n) is 14.7. The summed E-state index contributed by atoms with van der Waals surface area (Å²) < 4.78 is 20.8. The normalized spacial score (nSPS) is 14.0. The summed E-state index contributed by atoms with van der Waals surface area (Å²) in [5, 5.41) is 2.74. The minimum Gasteiger partial charge on any atom is -0.497 e. The smallest absolute Gasteiger partial charge is 0.378 e. The van der Waals surface area contributed by atoms with Crippen molar-refractivity contribution in [1.29, 1.82) is 0 Å². The van der Waals surface area contributed by atoms with Gasteiger partial charge in [-0.2, -0.15) is 0 Å². The highest BCUT2D eigenvalue weighted by atomic mass is 16.6. The lowest BCUT2D eigenvalue weighted by atomic mass is 10.1. The summed E-state index contributed by atoms with van der Waals surface area (Å²) in [7, 11) is 1.54. The van der Waals surface area contributed by atoms with Crippen LogP contribution in [0.4, 0.5) is 5.69 Å². The maximum absolute atomic E-state index is 12.8. The fourth-order valence-corrected chi connectivity index (χ4v) is 2.45. The van der Waals surface area contributed by atoms with E-state index < -0.39 is 18.0 Å². The molecule has 1 amide bonds. The van der Waals surface area contributed by atoms with Gasteiger partial charge in [-0.15, -0.1) is 0 Å². The number of benzene rings is 2. The van der Waals surface area contributed by atoms with Crippen LogP contribution in [0, 0.1) is 0 Å². The molecule has 1 atom stereocenters. The van der Waals surface area contributed by atoms with Gasteiger partial charge in [0.1, 0.15) is 25.2 Å². The topological polar surface area (TPSA) is 83.1 Å². The minimum absolute atomic E-state index is 0.0728. The molecule has 2 aromatic rings. The largest absolute Gasteiger partial charge is 0.497 e. The van der Waals surface area contributed by atoms with Crippen molar-refractivity contribution >= 4 is 17.6 Å². The van der Waals surface area contributed by atoms with E-state index in [1.54, 1.807) is 48.5 Å². The van der Waals surface area contributed by atoms with Crippen LogP contribution in [0.15, 0.2) is 66.6 Å². The van der Waals surface area contributed by atoms with Gasteiger partial charge in [-0.25, -0.2) is 4.79 Å². The Labute approximate surface area is 156 Å². The molecule has 0 bridgehead atoms. The van der Waals surface area contributed by atoms with Crippen molar-refractivity contribution in [3.8, 4) is 5.75 Å². The molecule has 1 heterocycles. The van der Waals surface area contributed by atoms with Crippen molar-refractivity contribution in [1.82, 2.24) is 0 Å². The number of hydrogen-bond donors (Lipinski definition) is 1. The Balaban J connectivity index is 1.79. The van der Waals surface area contributed by atoms with Crippen LogP contribution < -0.4 is 10.1 Å². The lowest BCUT2D eigenvalue weighted by Gasteiger charge is -2.20. The summed E-state index contributed by atoms with van der Waals surface area (Å²) in [6.45, 7) is 0.599. The van der Waals surface area contributed by atoms with Crippen LogP contribution in [0.25, 0.3) is 0 Å². The maximum Gasteiger partial charge on any atom is 0.378 e. The first-order chi connectivity index (χ1) is 13.2. The van der Waals surface area contributed by atoms with Gasteiger partial charge >= 0.3 is 5.97 Å². The van der Waals surface area contributed by atoms with Crippen molar-refractivity contribution in [2.45, 2.75) is 6.10 Å². The van der Waals surface area contributed by atoms with E-state index in [-0.39, 0.29) is 12.4 Å². The van der Waals surface area contributed by atoms with Gasteiger partial charge in [0.25, 0.3) is 5.91 Å². The Morgan fingerprint density at radius 2 is 1.89 bits per heavy atom. The van der Waals surface area contributed by atoms with Gasteiger partial charge in [-0.3, -0.25) is 4.79 Å². The summed E-state index contributed by atoms with van der Waals surface area (Å²) >= 11 is 0. The van der Waals surface area contributed by atoms with Crippen LogP contribution >= 0.6 is 0 Å². The highest BCUT2D eigenvalue weighted by Gasteiger charge is 2.28. The summed E-state index contributed by atoms with van der Waals surface area (Å²) in [5.74, 6) is -0.750. The lowest BCUT2D eigenvalue weighted by molar-refractivity contribution is -0.155. The molecule has 2 aromatic carbocycles. The first-order valence-corrected chi connectivity index (χ1v) is 8.33. The molecule has 0 saturated heterocycles. The molecule has 0 fully saturated rings. The van der Waals surface area contributed by atoms with Crippen molar-refractivity contribution in [3.63, 3.8) is 0 Å². The molecule has 140 valence electrons. The molecule has 1 N–H and O–H groups in total. The zero-order valence-corrected chi connectivity index (χ0v) is 14.7. The van der Waals surface area contributed by atoms with Crippen LogP contribution in [0.2, 0.25) is 0 Å². The number of carbonyl (C=O) groups is 2. The van der Waals surface area contributed by atoms with Gasteiger partial charge in [0.15, 0.2) is 0 Å². The molecule has 27 heavy (non-hydrogen) atoms. The predicted octanol–water partition coefficient (Wildman–Crippen LogP) is 2.81. The molecular weight excluding hydrogens is 350 g/mol. The Bertz CT molecular complexity index is 833. The first-order valence-electron chi connectivity index (χ1n) is 8.33. The second-order valence-electron chi connectivity index (χ2n) is 5.62. The number of rotatable bonds is 6. The number of methoxy groups -OCH3 is 1. The highest BCUT2D eigenvalue weighted by Crippen LogP contribution is 2.23. The number of amides is 1. The molecule has 0 spiro atoms. The second kappa shape index (κ2) is 8.75. The third-order valence-electron chi connectivity index (χ3n) is 3.75. The van der Waals surface area contributed by atoms with Gasteiger partial charge in [0, 0.05) is 17.3 Å². The standard InChI is InChI=1S/C20H19NO6/c1-24-16-9-5-8-15(12-16)21-19(22)18(14-6-3-2-4-7-14)27-20(23)17-13-25-10-11-26-17/h2-9,12-13,18H,10-11H2,1H3,(H,21,22)/t18-/m1/s1.